The number of aliphatic hydroxyl groups excluding tert-OH is 1. The number of ether oxygens (including phenoxy) is 2. The van der Waals surface area contributed by atoms with E-state index in [4.69, 9.17) is 26.2 Å². The molecule has 33 heavy (non-hydrogen) atoms. The fraction of sp³-hybridized carbons (Fsp3) is 0.423. The third-order valence-corrected chi connectivity index (χ3v) is 6.07. The number of hydrogen-bond donors (Lipinski definition) is 1. The van der Waals surface area contributed by atoms with Crippen molar-refractivity contribution in [3.05, 3.63) is 65.2 Å². The molecule has 0 bridgehead atoms. The van der Waals surface area contributed by atoms with Gasteiger partial charge in [-0.3, -0.25) is 4.90 Å². The third kappa shape index (κ3) is 6.36. The van der Waals surface area contributed by atoms with Gasteiger partial charge in [0.2, 0.25) is 5.88 Å². The van der Waals surface area contributed by atoms with Gasteiger partial charge in [0.25, 0.3) is 0 Å². The predicted octanol–water partition coefficient (Wildman–Crippen LogP) is 5.14. The largest absolute Gasteiger partial charge is 0.437 e. The molecule has 1 heterocycles. The smallest absolute Gasteiger partial charge is 0.222 e. The molecule has 1 unspecified atom stereocenters. The monoisotopic (exact) mass is 469 g/mol. The van der Waals surface area contributed by atoms with E-state index in [1.54, 1.807) is 4.68 Å². The Bertz CT molecular complexity index is 1040. The molecule has 0 radical (unpaired) electrons. The van der Waals surface area contributed by atoms with Crippen molar-refractivity contribution in [3.8, 4) is 22.9 Å². The fourth-order valence-corrected chi connectivity index (χ4v) is 4.15. The second-order valence-electron chi connectivity index (χ2n) is 8.61. The maximum atomic E-state index is 10.6. The normalized spacial score (nSPS) is 14.6. The van der Waals surface area contributed by atoms with Gasteiger partial charge in [0.1, 0.15) is 11.4 Å². The molecule has 6 nitrogen and oxygen atoms in total. The average Bonchev–Trinajstić information content (AvgIpc) is 3.58. The molecule has 3 aromatic rings. The van der Waals surface area contributed by atoms with Crippen LogP contribution >= 0.6 is 11.6 Å². The number of rotatable bonds is 12. The Morgan fingerprint density at radius 3 is 2.58 bits per heavy atom. The Kier molecular flexibility index (Phi) is 8.04. The molecular formula is C26H32ClN3O3. The third-order valence-electron chi connectivity index (χ3n) is 5.76. The Balaban J connectivity index is 1.67. The summed E-state index contributed by atoms with van der Waals surface area (Å²) in [4.78, 5) is 2.30. The number of benzene rings is 2. The van der Waals surface area contributed by atoms with Crippen LogP contribution < -0.4 is 4.74 Å². The number of halogens is 1. The summed E-state index contributed by atoms with van der Waals surface area (Å²) in [6.45, 7) is 4.94. The van der Waals surface area contributed by atoms with E-state index in [0.717, 1.165) is 23.4 Å². The highest BCUT2D eigenvalue weighted by Crippen LogP contribution is 2.37. The van der Waals surface area contributed by atoms with Crippen LogP contribution in [0.3, 0.4) is 0 Å². The van der Waals surface area contributed by atoms with Gasteiger partial charge in [-0.1, -0.05) is 54.1 Å². The second-order valence-corrected chi connectivity index (χ2v) is 9.01. The highest BCUT2D eigenvalue weighted by atomic mass is 35.5. The quantitative estimate of drug-likeness (QED) is 0.398. The topological polar surface area (TPSA) is 59.8 Å². The number of para-hydroxylation sites is 1. The van der Waals surface area contributed by atoms with Crippen molar-refractivity contribution < 1.29 is 14.6 Å². The molecule has 1 fully saturated rings. The molecule has 0 saturated heterocycles. The van der Waals surface area contributed by atoms with Gasteiger partial charge in [-0.2, -0.15) is 5.10 Å². The van der Waals surface area contributed by atoms with Crippen molar-refractivity contribution in [3.63, 3.8) is 0 Å². The Hall–Kier alpha value is -2.38. The van der Waals surface area contributed by atoms with Crippen molar-refractivity contribution in [1.82, 2.24) is 14.7 Å². The van der Waals surface area contributed by atoms with Gasteiger partial charge in [-0.25, -0.2) is 4.68 Å². The molecule has 1 aromatic heterocycles. The Morgan fingerprint density at radius 1 is 1.15 bits per heavy atom. The van der Waals surface area contributed by atoms with Gasteiger partial charge in [-0.15, -0.1) is 0 Å². The molecule has 0 amide bonds. The first-order valence-corrected chi connectivity index (χ1v) is 11.9. The van der Waals surface area contributed by atoms with E-state index in [9.17, 15) is 5.11 Å². The van der Waals surface area contributed by atoms with Gasteiger partial charge in [0.05, 0.1) is 23.3 Å². The van der Waals surface area contributed by atoms with Gasteiger partial charge >= 0.3 is 0 Å². The maximum Gasteiger partial charge on any atom is 0.222 e. The predicted molar refractivity (Wildman–Crippen MR) is 131 cm³/mol. The lowest BCUT2D eigenvalue weighted by molar-refractivity contribution is 0.0186. The van der Waals surface area contributed by atoms with Crippen molar-refractivity contribution in [1.29, 1.82) is 0 Å². The Morgan fingerprint density at radius 2 is 1.88 bits per heavy atom. The minimum Gasteiger partial charge on any atom is -0.437 e. The van der Waals surface area contributed by atoms with E-state index in [2.05, 4.69) is 17.0 Å². The van der Waals surface area contributed by atoms with Crippen molar-refractivity contribution in [2.75, 3.05) is 26.3 Å². The van der Waals surface area contributed by atoms with Crippen molar-refractivity contribution >= 4 is 11.6 Å². The molecule has 1 atom stereocenters. The summed E-state index contributed by atoms with van der Waals surface area (Å²) in [5, 5.41) is 15.9. The molecule has 4 rings (SSSR count). The van der Waals surface area contributed by atoms with E-state index in [0.29, 0.717) is 48.9 Å². The lowest BCUT2D eigenvalue weighted by Gasteiger charge is -2.25. The van der Waals surface area contributed by atoms with E-state index < -0.39 is 6.10 Å². The van der Waals surface area contributed by atoms with Crippen molar-refractivity contribution in [2.45, 2.75) is 32.4 Å². The zero-order chi connectivity index (χ0) is 23.2. The number of aliphatic hydroxyl groups is 1. The molecule has 1 aliphatic rings. The van der Waals surface area contributed by atoms with Crippen LogP contribution in [0.2, 0.25) is 5.02 Å². The standard InChI is InChI=1S/C26H32ClN3O3/c1-3-32-18-21(31)16-30(15-19-13-14-19)17-22-25(20-9-5-4-6-10-20)28-29(2)26(22)33-24-12-8-7-11-23(24)27/h4-12,19,21,31H,3,13-18H2,1-2H3. The van der Waals surface area contributed by atoms with Gasteiger partial charge in [-0.05, 0) is 37.8 Å². The lowest BCUT2D eigenvalue weighted by Crippen LogP contribution is -2.36. The van der Waals surface area contributed by atoms with Crippen molar-refractivity contribution in [2.24, 2.45) is 13.0 Å². The molecule has 1 aliphatic carbocycles. The molecular weight excluding hydrogens is 438 g/mol. The second kappa shape index (κ2) is 11.2. The van der Waals surface area contributed by atoms with Crippen LogP contribution in [0.4, 0.5) is 0 Å². The first-order chi connectivity index (χ1) is 16.0. The minimum absolute atomic E-state index is 0.333. The highest BCUT2D eigenvalue weighted by molar-refractivity contribution is 6.32. The lowest BCUT2D eigenvalue weighted by atomic mass is 10.1. The van der Waals surface area contributed by atoms with Crippen LogP contribution in [0, 0.1) is 5.92 Å². The minimum atomic E-state index is -0.548. The molecule has 176 valence electrons. The van der Waals surface area contributed by atoms with Crippen LogP contribution in [0.15, 0.2) is 54.6 Å². The molecule has 0 spiro atoms. The van der Waals surface area contributed by atoms with Crippen LogP contribution in [0.5, 0.6) is 11.6 Å². The summed E-state index contributed by atoms with van der Waals surface area (Å²) in [7, 11) is 1.89. The molecule has 0 aliphatic heterocycles. The van der Waals surface area contributed by atoms with Gasteiger partial charge in [0, 0.05) is 38.9 Å². The first-order valence-electron chi connectivity index (χ1n) is 11.6. The number of aryl methyl sites for hydroxylation is 1. The van der Waals surface area contributed by atoms with E-state index in [-0.39, 0.29) is 0 Å². The first kappa shape index (κ1) is 23.8. The maximum absolute atomic E-state index is 10.6. The Labute approximate surface area is 200 Å². The molecule has 7 heteroatoms. The zero-order valence-corrected chi connectivity index (χ0v) is 20.0. The summed E-state index contributed by atoms with van der Waals surface area (Å²) >= 11 is 6.39. The van der Waals surface area contributed by atoms with Crippen LogP contribution in [-0.2, 0) is 18.3 Å². The summed E-state index contributed by atoms with van der Waals surface area (Å²) in [5.74, 6) is 1.92. The number of nitrogens with zero attached hydrogens (tertiary/aromatic N) is 3. The van der Waals surface area contributed by atoms with Crippen LogP contribution in [-0.4, -0.2) is 52.2 Å². The number of hydrogen-bond acceptors (Lipinski definition) is 5. The summed E-state index contributed by atoms with van der Waals surface area (Å²) in [6.07, 6.45) is 1.92. The summed E-state index contributed by atoms with van der Waals surface area (Å²) in [6, 6.07) is 17.6. The van der Waals surface area contributed by atoms with Gasteiger partial charge in [0.15, 0.2) is 0 Å². The van der Waals surface area contributed by atoms with Gasteiger partial charge < -0.3 is 14.6 Å². The zero-order valence-electron chi connectivity index (χ0n) is 19.3. The average molecular weight is 470 g/mol. The molecule has 1 N–H and O–H groups in total. The summed E-state index contributed by atoms with van der Waals surface area (Å²) < 4.78 is 13.5. The number of aromatic nitrogens is 2. The summed E-state index contributed by atoms with van der Waals surface area (Å²) in [5.41, 5.74) is 2.88. The van der Waals surface area contributed by atoms with E-state index >= 15 is 0 Å². The highest BCUT2D eigenvalue weighted by Gasteiger charge is 2.28. The molecule has 1 saturated carbocycles. The SMILES string of the molecule is CCOCC(O)CN(Cc1c(-c2ccccc2)nn(C)c1Oc1ccccc1Cl)CC1CC1. The van der Waals surface area contributed by atoms with Crippen LogP contribution in [0.1, 0.15) is 25.3 Å². The van der Waals surface area contributed by atoms with E-state index in [1.165, 1.54) is 12.8 Å². The molecule has 2 aromatic carbocycles. The fourth-order valence-electron chi connectivity index (χ4n) is 3.98. The van der Waals surface area contributed by atoms with Crippen LogP contribution in [0.25, 0.3) is 11.3 Å². The van der Waals surface area contributed by atoms with E-state index in [1.807, 2.05) is 56.4 Å².